The maximum absolute atomic E-state index is 11.8. The largest absolute Gasteiger partial charge is 0.461 e. The SMILES string of the molecule is N[C@H]1CC[C@@H](C(=O)OCC2=CC=CCC2)CC1. The number of nitrogens with two attached hydrogens (primary N) is 1. The summed E-state index contributed by atoms with van der Waals surface area (Å²) in [6.45, 7) is 0.464. The Hall–Kier alpha value is -1.09. The molecular weight excluding hydrogens is 214 g/mol. The van der Waals surface area contributed by atoms with Gasteiger partial charge in [0.1, 0.15) is 6.61 Å². The van der Waals surface area contributed by atoms with Crippen LogP contribution in [-0.4, -0.2) is 18.6 Å². The first-order valence-corrected chi connectivity index (χ1v) is 6.52. The molecule has 0 saturated heterocycles. The molecule has 0 heterocycles. The molecule has 2 aliphatic carbocycles. The van der Waals surface area contributed by atoms with Crippen LogP contribution in [0.3, 0.4) is 0 Å². The van der Waals surface area contributed by atoms with Gasteiger partial charge in [0.2, 0.25) is 0 Å². The van der Waals surface area contributed by atoms with E-state index in [4.69, 9.17) is 10.5 Å². The molecule has 0 aromatic rings. The molecule has 3 nitrogen and oxygen atoms in total. The highest BCUT2D eigenvalue weighted by molar-refractivity contribution is 5.72. The van der Waals surface area contributed by atoms with Crippen LogP contribution in [0.15, 0.2) is 23.8 Å². The average molecular weight is 235 g/mol. The molecule has 94 valence electrons. The summed E-state index contributed by atoms with van der Waals surface area (Å²) in [4.78, 5) is 11.8. The second-order valence-corrected chi connectivity index (χ2v) is 5.01. The maximum atomic E-state index is 11.8. The average Bonchev–Trinajstić information content (AvgIpc) is 2.38. The molecule has 0 atom stereocenters. The number of allylic oxidation sites excluding steroid dienone is 3. The third-order valence-electron chi connectivity index (χ3n) is 3.61. The van der Waals surface area contributed by atoms with Crippen LogP contribution in [0.25, 0.3) is 0 Å². The summed E-state index contributed by atoms with van der Waals surface area (Å²) in [6, 6.07) is 0.283. The van der Waals surface area contributed by atoms with Crippen LogP contribution in [0.1, 0.15) is 38.5 Å². The number of hydrogen-bond donors (Lipinski definition) is 1. The van der Waals surface area contributed by atoms with E-state index in [2.05, 4.69) is 6.08 Å². The number of hydrogen-bond acceptors (Lipinski definition) is 3. The fraction of sp³-hybridized carbons (Fsp3) is 0.643. The lowest BCUT2D eigenvalue weighted by atomic mass is 9.86. The zero-order valence-electron chi connectivity index (χ0n) is 10.2. The molecule has 0 aliphatic heterocycles. The van der Waals surface area contributed by atoms with Crippen molar-refractivity contribution in [3.05, 3.63) is 23.8 Å². The van der Waals surface area contributed by atoms with Gasteiger partial charge in [-0.1, -0.05) is 18.2 Å². The summed E-state index contributed by atoms with van der Waals surface area (Å²) in [5, 5.41) is 0. The van der Waals surface area contributed by atoms with Crippen molar-refractivity contribution >= 4 is 5.97 Å². The Bertz CT molecular complexity index is 325. The summed E-state index contributed by atoms with van der Waals surface area (Å²) in [5.74, 6) is 0.0434. The first kappa shape index (κ1) is 12.4. The Morgan fingerprint density at radius 3 is 2.76 bits per heavy atom. The lowest BCUT2D eigenvalue weighted by Gasteiger charge is -2.24. The minimum atomic E-state index is -0.0349. The van der Waals surface area contributed by atoms with Gasteiger partial charge in [0.25, 0.3) is 0 Å². The van der Waals surface area contributed by atoms with E-state index in [0.717, 1.165) is 38.5 Å². The van der Waals surface area contributed by atoms with Crippen molar-refractivity contribution in [2.24, 2.45) is 11.7 Å². The molecule has 1 fully saturated rings. The molecule has 0 spiro atoms. The van der Waals surface area contributed by atoms with Gasteiger partial charge in [-0.2, -0.15) is 0 Å². The van der Waals surface area contributed by atoms with E-state index in [0.29, 0.717) is 6.61 Å². The van der Waals surface area contributed by atoms with Gasteiger partial charge in [-0.15, -0.1) is 0 Å². The van der Waals surface area contributed by atoms with Crippen molar-refractivity contribution in [2.75, 3.05) is 6.61 Å². The van der Waals surface area contributed by atoms with E-state index in [9.17, 15) is 4.79 Å². The topological polar surface area (TPSA) is 52.3 Å². The van der Waals surface area contributed by atoms with Crippen LogP contribution < -0.4 is 5.73 Å². The summed E-state index contributed by atoms with van der Waals surface area (Å²) in [5.41, 5.74) is 7.04. The van der Waals surface area contributed by atoms with Gasteiger partial charge in [-0.25, -0.2) is 0 Å². The zero-order valence-corrected chi connectivity index (χ0v) is 10.2. The molecule has 0 aromatic carbocycles. The zero-order chi connectivity index (χ0) is 12.1. The number of carbonyl (C=O) groups is 1. The molecule has 2 aliphatic rings. The predicted molar refractivity (Wildman–Crippen MR) is 67.3 cm³/mol. The molecule has 0 amide bonds. The molecule has 0 bridgehead atoms. The van der Waals surface area contributed by atoms with Crippen molar-refractivity contribution in [3.63, 3.8) is 0 Å². The Kier molecular flexibility index (Phi) is 4.37. The standard InChI is InChI=1S/C14H21NO2/c15-13-8-6-12(7-9-13)14(16)17-10-11-4-2-1-3-5-11/h1-2,4,12-13H,3,5-10,15H2/t12-,13+. The number of carbonyl (C=O) groups excluding carboxylic acids is 1. The molecule has 0 unspecified atom stereocenters. The highest BCUT2D eigenvalue weighted by Gasteiger charge is 2.25. The molecule has 0 aromatic heterocycles. The van der Waals surface area contributed by atoms with Gasteiger partial charge >= 0.3 is 5.97 Å². The number of ether oxygens (including phenoxy) is 1. The van der Waals surface area contributed by atoms with E-state index in [-0.39, 0.29) is 17.9 Å². The normalized spacial score (nSPS) is 28.6. The van der Waals surface area contributed by atoms with Gasteiger partial charge in [0.05, 0.1) is 5.92 Å². The highest BCUT2D eigenvalue weighted by Crippen LogP contribution is 2.24. The van der Waals surface area contributed by atoms with E-state index in [1.165, 1.54) is 5.57 Å². The first-order chi connectivity index (χ1) is 8.25. The van der Waals surface area contributed by atoms with Crippen LogP contribution in [0.4, 0.5) is 0 Å². The Morgan fingerprint density at radius 2 is 2.12 bits per heavy atom. The first-order valence-electron chi connectivity index (χ1n) is 6.52. The molecule has 0 radical (unpaired) electrons. The molecular formula is C14H21NO2. The minimum Gasteiger partial charge on any atom is -0.461 e. The smallest absolute Gasteiger partial charge is 0.309 e. The third kappa shape index (κ3) is 3.70. The van der Waals surface area contributed by atoms with Crippen LogP contribution in [0.5, 0.6) is 0 Å². The van der Waals surface area contributed by atoms with Gasteiger partial charge in [-0.05, 0) is 44.1 Å². The van der Waals surface area contributed by atoms with Gasteiger partial charge < -0.3 is 10.5 Å². The maximum Gasteiger partial charge on any atom is 0.309 e. The Morgan fingerprint density at radius 1 is 1.35 bits per heavy atom. The van der Waals surface area contributed by atoms with E-state index in [1.54, 1.807) is 0 Å². The Balaban J connectivity index is 1.73. The van der Waals surface area contributed by atoms with Crippen LogP contribution in [0.2, 0.25) is 0 Å². The second kappa shape index (κ2) is 6.01. The summed E-state index contributed by atoms with van der Waals surface area (Å²) >= 11 is 0. The van der Waals surface area contributed by atoms with Crippen molar-refractivity contribution in [1.29, 1.82) is 0 Å². The third-order valence-corrected chi connectivity index (χ3v) is 3.61. The van der Waals surface area contributed by atoms with Gasteiger partial charge in [0.15, 0.2) is 0 Å². The van der Waals surface area contributed by atoms with Crippen LogP contribution in [-0.2, 0) is 9.53 Å². The molecule has 2 N–H and O–H groups in total. The quantitative estimate of drug-likeness (QED) is 0.764. The highest BCUT2D eigenvalue weighted by atomic mass is 16.5. The fourth-order valence-corrected chi connectivity index (χ4v) is 2.41. The lowest BCUT2D eigenvalue weighted by Crippen LogP contribution is -2.30. The van der Waals surface area contributed by atoms with Crippen LogP contribution >= 0.6 is 0 Å². The summed E-state index contributed by atoms with van der Waals surface area (Å²) in [6.07, 6.45) is 12.0. The van der Waals surface area contributed by atoms with E-state index >= 15 is 0 Å². The van der Waals surface area contributed by atoms with Crippen molar-refractivity contribution < 1.29 is 9.53 Å². The van der Waals surface area contributed by atoms with Gasteiger partial charge in [-0.3, -0.25) is 4.79 Å². The summed E-state index contributed by atoms with van der Waals surface area (Å²) in [7, 11) is 0. The number of rotatable bonds is 3. The second-order valence-electron chi connectivity index (χ2n) is 5.01. The van der Waals surface area contributed by atoms with Crippen LogP contribution in [0, 0.1) is 5.92 Å². The fourth-order valence-electron chi connectivity index (χ4n) is 2.41. The van der Waals surface area contributed by atoms with E-state index < -0.39 is 0 Å². The Labute approximate surface area is 103 Å². The molecule has 2 rings (SSSR count). The summed E-state index contributed by atoms with van der Waals surface area (Å²) < 4.78 is 5.37. The minimum absolute atomic E-state index is 0.0349. The molecule has 3 heteroatoms. The number of esters is 1. The molecule has 1 saturated carbocycles. The molecule has 17 heavy (non-hydrogen) atoms. The van der Waals surface area contributed by atoms with Crippen molar-refractivity contribution in [3.8, 4) is 0 Å². The van der Waals surface area contributed by atoms with Crippen molar-refractivity contribution in [1.82, 2.24) is 0 Å². The van der Waals surface area contributed by atoms with E-state index in [1.807, 2.05) is 12.2 Å². The predicted octanol–water partition coefficient (Wildman–Crippen LogP) is 2.32. The monoisotopic (exact) mass is 235 g/mol. The van der Waals surface area contributed by atoms with Gasteiger partial charge in [0, 0.05) is 6.04 Å². The lowest BCUT2D eigenvalue weighted by molar-refractivity contribution is -0.148. The van der Waals surface area contributed by atoms with Crippen molar-refractivity contribution in [2.45, 2.75) is 44.6 Å².